The van der Waals surface area contributed by atoms with E-state index in [1.807, 2.05) is 0 Å². The molecule has 0 saturated heterocycles. The quantitative estimate of drug-likeness (QED) is 0.703. The van der Waals surface area contributed by atoms with Crippen molar-refractivity contribution in [3.63, 3.8) is 0 Å². The number of aliphatic hydroxyl groups is 1. The highest BCUT2D eigenvalue weighted by Crippen LogP contribution is 2.30. The molecule has 3 heteroatoms. The summed E-state index contributed by atoms with van der Waals surface area (Å²) in [5, 5.41) is 9.36. The Balaban J connectivity index is 5.20. The summed E-state index contributed by atoms with van der Waals surface area (Å²) < 4.78 is 0. The zero-order valence-electron chi connectivity index (χ0n) is 13.2. The molecule has 0 aliphatic rings. The highest BCUT2D eigenvalue weighted by atomic mass is 16.3. The normalized spacial score (nSPS) is 16.3. The third-order valence-electron chi connectivity index (χ3n) is 3.89. The van der Waals surface area contributed by atoms with Crippen LogP contribution in [0.15, 0.2) is 0 Å². The monoisotopic (exact) mass is 258 g/mol. The minimum absolute atomic E-state index is 0.132. The van der Waals surface area contributed by atoms with Gasteiger partial charge in [-0.1, -0.05) is 41.5 Å². The van der Waals surface area contributed by atoms with Gasteiger partial charge in [0.1, 0.15) is 0 Å². The van der Waals surface area contributed by atoms with Crippen LogP contribution in [0.1, 0.15) is 60.8 Å². The zero-order valence-corrected chi connectivity index (χ0v) is 13.2. The lowest BCUT2D eigenvalue weighted by Gasteiger charge is -2.46. The van der Waals surface area contributed by atoms with Crippen molar-refractivity contribution in [1.29, 1.82) is 0 Å². The van der Waals surface area contributed by atoms with Gasteiger partial charge in [-0.25, -0.2) is 0 Å². The maximum absolute atomic E-state index is 9.36. The van der Waals surface area contributed by atoms with Crippen LogP contribution >= 0.6 is 0 Å². The van der Waals surface area contributed by atoms with E-state index in [2.05, 4.69) is 46.4 Å². The molecule has 0 aliphatic heterocycles. The number of aliphatic hydroxyl groups excluding tert-OH is 1. The number of rotatable bonds is 8. The molecule has 3 N–H and O–H groups in total. The van der Waals surface area contributed by atoms with Gasteiger partial charge in [0, 0.05) is 24.7 Å². The number of hydrogen-bond acceptors (Lipinski definition) is 3. The summed E-state index contributed by atoms with van der Waals surface area (Å²) in [4.78, 5) is 2.44. The van der Waals surface area contributed by atoms with Crippen LogP contribution in [0, 0.1) is 5.41 Å². The van der Waals surface area contributed by atoms with Gasteiger partial charge >= 0.3 is 0 Å². The van der Waals surface area contributed by atoms with Crippen LogP contribution in [-0.4, -0.2) is 41.3 Å². The maximum Gasteiger partial charge on any atom is 0.0558 e. The van der Waals surface area contributed by atoms with Crippen molar-refractivity contribution < 1.29 is 5.11 Å². The smallest absolute Gasteiger partial charge is 0.0558 e. The SMILES string of the molecule is CCC(N)C(N(CCO)C(CC)CC)C(C)(C)C. The molecule has 0 saturated carbocycles. The molecule has 0 aromatic heterocycles. The Kier molecular flexibility index (Phi) is 8.08. The molecule has 0 aliphatic carbocycles. The lowest BCUT2D eigenvalue weighted by Crippen LogP contribution is -2.58. The van der Waals surface area contributed by atoms with E-state index in [1.165, 1.54) is 0 Å². The second-order valence-corrected chi connectivity index (χ2v) is 6.31. The first kappa shape index (κ1) is 17.9. The molecule has 0 amide bonds. The Morgan fingerprint density at radius 1 is 1.06 bits per heavy atom. The van der Waals surface area contributed by atoms with Gasteiger partial charge in [-0.05, 0) is 24.7 Å². The fraction of sp³-hybridized carbons (Fsp3) is 1.00. The molecular weight excluding hydrogens is 224 g/mol. The molecule has 3 nitrogen and oxygen atoms in total. The van der Waals surface area contributed by atoms with Crippen LogP contribution < -0.4 is 5.73 Å². The van der Waals surface area contributed by atoms with Crippen molar-refractivity contribution in [2.24, 2.45) is 11.1 Å². The Labute approximate surface area is 114 Å². The van der Waals surface area contributed by atoms with E-state index in [4.69, 9.17) is 5.73 Å². The largest absolute Gasteiger partial charge is 0.395 e. The minimum Gasteiger partial charge on any atom is -0.395 e. The van der Waals surface area contributed by atoms with Crippen LogP contribution in [-0.2, 0) is 0 Å². The van der Waals surface area contributed by atoms with Crippen molar-refractivity contribution >= 4 is 0 Å². The molecular formula is C15H34N2O. The van der Waals surface area contributed by atoms with Crippen molar-refractivity contribution in [1.82, 2.24) is 4.90 Å². The molecule has 0 fully saturated rings. The molecule has 0 bridgehead atoms. The molecule has 0 heterocycles. The molecule has 2 unspecified atom stereocenters. The molecule has 0 radical (unpaired) electrons. The predicted octanol–water partition coefficient (Wildman–Crippen LogP) is 2.62. The van der Waals surface area contributed by atoms with Crippen LogP contribution in [0.3, 0.4) is 0 Å². The third kappa shape index (κ3) is 4.87. The minimum atomic E-state index is 0.132. The van der Waals surface area contributed by atoms with Crippen molar-refractivity contribution in [3.05, 3.63) is 0 Å². The first-order chi connectivity index (χ1) is 8.33. The first-order valence-corrected chi connectivity index (χ1v) is 7.45. The number of nitrogens with zero attached hydrogens (tertiary/aromatic N) is 1. The second kappa shape index (κ2) is 8.13. The second-order valence-electron chi connectivity index (χ2n) is 6.31. The van der Waals surface area contributed by atoms with Gasteiger partial charge in [0.15, 0.2) is 0 Å². The number of nitrogens with two attached hydrogens (primary N) is 1. The van der Waals surface area contributed by atoms with Crippen molar-refractivity contribution in [2.75, 3.05) is 13.2 Å². The standard InChI is InChI=1S/C15H34N2O/c1-7-12(8-2)17(10-11-18)14(13(16)9-3)15(4,5)6/h12-14,18H,7-11,16H2,1-6H3. The topological polar surface area (TPSA) is 49.5 Å². The van der Waals surface area contributed by atoms with Crippen molar-refractivity contribution in [3.8, 4) is 0 Å². The first-order valence-electron chi connectivity index (χ1n) is 7.45. The lowest BCUT2D eigenvalue weighted by atomic mass is 9.79. The highest BCUT2D eigenvalue weighted by molar-refractivity contribution is 4.93. The van der Waals surface area contributed by atoms with E-state index in [1.54, 1.807) is 0 Å². The van der Waals surface area contributed by atoms with Gasteiger partial charge in [-0.15, -0.1) is 0 Å². The van der Waals surface area contributed by atoms with Crippen LogP contribution in [0.4, 0.5) is 0 Å². The Bertz CT molecular complexity index is 209. The third-order valence-corrected chi connectivity index (χ3v) is 3.89. The highest BCUT2D eigenvalue weighted by Gasteiger charge is 2.36. The van der Waals surface area contributed by atoms with E-state index >= 15 is 0 Å². The predicted molar refractivity (Wildman–Crippen MR) is 79.7 cm³/mol. The molecule has 0 rings (SSSR count). The fourth-order valence-corrected chi connectivity index (χ4v) is 3.03. The Morgan fingerprint density at radius 2 is 1.56 bits per heavy atom. The summed E-state index contributed by atoms with van der Waals surface area (Å²) in [6.45, 7) is 14.3. The number of hydrogen-bond donors (Lipinski definition) is 2. The summed E-state index contributed by atoms with van der Waals surface area (Å²) in [5.74, 6) is 0. The van der Waals surface area contributed by atoms with Crippen LogP contribution in [0.2, 0.25) is 0 Å². The average molecular weight is 258 g/mol. The molecule has 2 atom stereocenters. The van der Waals surface area contributed by atoms with Gasteiger partial charge in [-0.3, -0.25) is 4.90 Å². The van der Waals surface area contributed by atoms with Crippen LogP contribution in [0.5, 0.6) is 0 Å². The van der Waals surface area contributed by atoms with E-state index in [0.29, 0.717) is 12.1 Å². The summed E-state index contributed by atoms with van der Waals surface area (Å²) in [6, 6.07) is 0.996. The van der Waals surface area contributed by atoms with Gasteiger partial charge in [0.25, 0.3) is 0 Å². The lowest BCUT2D eigenvalue weighted by molar-refractivity contribution is 0.0229. The average Bonchev–Trinajstić information content (AvgIpc) is 2.28. The molecule has 0 aromatic carbocycles. The zero-order chi connectivity index (χ0) is 14.3. The molecule has 0 spiro atoms. The van der Waals surface area contributed by atoms with Gasteiger partial charge in [-0.2, -0.15) is 0 Å². The molecule has 0 aromatic rings. The molecule has 18 heavy (non-hydrogen) atoms. The summed E-state index contributed by atoms with van der Waals surface area (Å²) in [5.41, 5.74) is 6.49. The van der Waals surface area contributed by atoms with Gasteiger partial charge in [0.05, 0.1) is 6.61 Å². The summed E-state index contributed by atoms with van der Waals surface area (Å²) >= 11 is 0. The Morgan fingerprint density at radius 3 is 1.83 bits per heavy atom. The van der Waals surface area contributed by atoms with E-state index < -0.39 is 0 Å². The van der Waals surface area contributed by atoms with Gasteiger partial charge < -0.3 is 10.8 Å². The van der Waals surface area contributed by atoms with Crippen LogP contribution in [0.25, 0.3) is 0 Å². The van der Waals surface area contributed by atoms with E-state index in [9.17, 15) is 5.11 Å². The summed E-state index contributed by atoms with van der Waals surface area (Å²) in [7, 11) is 0. The van der Waals surface area contributed by atoms with E-state index in [-0.39, 0.29) is 18.1 Å². The molecule has 110 valence electrons. The fourth-order valence-electron chi connectivity index (χ4n) is 3.03. The summed E-state index contributed by atoms with van der Waals surface area (Å²) in [6.07, 6.45) is 3.20. The van der Waals surface area contributed by atoms with E-state index in [0.717, 1.165) is 25.8 Å². The van der Waals surface area contributed by atoms with Crippen molar-refractivity contribution in [2.45, 2.75) is 78.9 Å². The Hall–Kier alpha value is -0.120. The maximum atomic E-state index is 9.36. The van der Waals surface area contributed by atoms with Gasteiger partial charge in [0.2, 0.25) is 0 Å².